The molecular formula is C20H31IN4O3. The molecule has 2 saturated heterocycles. The number of rotatable bonds is 6. The number of carbonyl (C=O) groups is 1. The van der Waals surface area contributed by atoms with Crippen molar-refractivity contribution in [3.8, 4) is 0 Å². The van der Waals surface area contributed by atoms with Crippen LogP contribution in [0.2, 0.25) is 0 Å². The SMILES string of the molecule is CN=C(NCc1ccc(N2CCCC2=O)cc1)NCC1(OC)CCOCC1.I. The van der Waals surface area contributed by atoms with Crippen LogP contribution < -0.4 is 15.5 Å². The number of hydrogen-bond acceptors (Lipinski definition) is 4. The van der Waals surface area contributed by atoms with Crippen molar-refractivity contribution in [2.75, 3.05) is 45.4 Å². The van der Waals surface area contributed by atoms with Gasteiger partial charge >= 0.3 is 0 Å². The van der Waals surface area contributed by atoms with E-state index in [-0.39, 0.29) is 35.5 Å². The molecule has 156 valence electrons. The summed E-state index contributed by atoms with van der Waals surface area (Å²) in [5.41, 5.74) is 1.92. The molecule has 0 aromatic heterocycles. The molecule has 7 nitrogen and oxygen atoms in total. The fraction of sp³-hybridized carbons (Fsp3) is 0.600. The number of nitrogens with zero attached hydrogens (tertiary/aromatic N) is 2. The van der Waals surface area contributed by atoms with Crippen LogP contribution in [-0.2, 0) is 20.8 Å². The molecule has 2 heterocycles. The second kappa shape index (κ2) is 11.0. The Morgan fingerprint density at radius 2 is 1.96 bits per heavy atom. The molecule has 1 aromatic rings. The van der Waals surface area contributed by atoms with Crippen LogP contribution >= 0.6 is 24.0 Å². The smallest absolute Gasteiger partial charge is 0.227 e. The minimum Gasteiger partial charge on any atom is -0.381 e. The minimum absolute atomic E-state index is 0. The van der Waals surface area contributed by atoms with Gasteiger partial charge in [-0.2, -0.15) is 0 Å². The third kappa shape index (κ3) is 5.81. The van der Waals surface area contributed by atoms with Crippen molar-refractivity contribution >= 4 is 41.5 Å². The van der Waals surface area contributed by atoms with E-state index in [1.165, 1.54) is 0 Å². The summed E-state index contributed by atoms with van der Waals surface area (Å²) in [6.45, 7) is 3.64. The van der Waals surface area contributed by atoms with Crippen LogP contribution in [0.5, 0.6) is 0 Å². The van der Waals surface area contributed by atoms with Crippen LogP contribution in [0, 0.1) is 0 Å². The number of aliphatic imine (C=N–C) groups is 1. The van der Waals surface area contributed by atoms with Gasteiger partial charge in [0.2, 0.25) is 5.91 Å². The lowest BCUT2D eigenvalue weighted by atomic mass is 9.94. The number of ether oxygens (including phenoxy) is 2. The van der Waals surface area contributed by atoms with Gasteiger partial charge in [0.25, 0.3) is 0 Å². The van der Waals surface area contributed by atoms with Crippen LogP contribution in [0.25, 0.3) is 0 Å². The summed E-state index contributed by atoms with van der Waals surface area (Å²) >= 11 is 0. The highest BCUT2D eigenvalue weighted by Crippen LogP contribution is 2.23. The second-order valence-corrected chi connectivity index (χ2v) is 7.09. The molecule has 2 aliphatic heterocycles. The predicted molar refractivity (Wildman–Crippen MR) is 121 cm³/mol. The molecule has 0 atom stereocenters. The van der Waals surface area contributed by atoms with Gasteiger partial charge < -0.3 is 25.0 Å². The summed E-state index contributed by atoms with van der Waals surface area (Å²) in [5, 5.41) is 6.70. The van der Waals surface area contributed by atoms with E-state index in [1.807, 2.05) is 17.0 Å². The summed E-state index contributed by atoms with van der Waals surface area (Å²) in [7, 11) is 3.52. The molecule has 0 bridgehead atoms. The van der Waals surface area contributed by atoms with E-state index in [2.05, 4.69) is 27.8 Å². The molecule has 8 heteroatoms. The first-order chi connectivity index (χ1) is 13.2. The van der Waals surface area contributed by atoms with Gasteiger partial charge in [-0.05, 0) is 24.1 Å². The third-order valence-electron chi connectivity index (χ3n) is 5.42. The Bertz CT molecular complexity index is 660. The Labute approximate surface area is 184 Å². The van der Waals surface area contributed by atoms with Gasteiger partial charge in [-0.15, -0.1) is 24.0 Å². The normalized spacial score (nSPS) is 19.3. The van der Waals surface area contributed by atoms with E-state index in [1.54, 1.807) is 14.2 Å². The Kier molecular flexibility index (Phi) is 8.97. The van der Waals surface area contributed by atoms with Crippen molar-refractivity contribution in [3.63, 3.8) is 0 Å². The highest BCUT2D eigenvalue weighted by atomic mass is 127. The Hall–Kier alpha value is -1.39. The lowest BCUT2D eigenvalue weighted by Crippen LogP contribution is -2.50. The maximum atomic E-state index is 11.8. The van der Waals surface area contributed by atoms with Gasteiger partial charge in [-0.25, -0.2) is 0 Å². The Morgan fingerprint density at radius 3 is 2.54 bits per heavy atom. The average Bonchev–Trinajstić information content (AvgIpc) is 3.15. The molecule has 1 amide bonds. The molecule has 0 radical (unpaired) electrons. The van der Waals surface area contributed by atoms with Crippen molar-refractivity contribution in [2.24, 2.45) is 4.99 Å². The van der Waals surface area contributed by atoms with Crippen molar-refractivity contribution in [2.45, 2.75) is 37.8 Å². The van der Waals surface area contributed by atoms with Crippen molar-refractivity contribution in [1.29, 1.82) is 0 Å². The zero-order valence-corrected chi connectivity index (χ0v) is 19.0. The zero-order valence-electron chi connectivity index (χ0n) is 16.7. The molecule has 28 heavy (non-hydrogen) atoms. The number of halogens is 1. The second-order valence-electron chi connectivity index (χ2n) is 7.09. The molecule has 0 saturated carbocycles. The van der Waals surface area contributed by atoms with Gasteiger partial charge in [0, 0.05) is 72.0 Å². The summed E-state index contributed by atoms with van der Waals surface area (Å²) in [4.78, 5) is 18.0. The molecule has 3 rings (SSSR count). The van der Waals surface area contributed by atoms with E-state index < -0.39 is 0 Å². The molecule has 2 aliphatic rings. The first-order valence-corrected chi connectivity index (χ1v) is 9.62. The van der Waals surface area contributed by atoms with Crippen LogP contribution in [0.15, 0.2) is 29.3 Å². The molecule has 2 fully saturated rings. The van der Waals surface area contributed by atoms with Gasteiger partial charge in [0.1, 0.15) is 0 Å². The number of methoxy groups -OCH3 is 1. The van der Waals surface area contributed by atoms with Crippen LogP contribution in [0.1, 0.15) is 31.2 Å². The number of hydrogen-bond donors (Lipinski definition) is 2. The van der Waals surface area contributed by atoms with Gasteiger partial charge in [0.15, 0.2) is 5.96 Å². The highest BCUT2D eigenvalue weighted by molar-refractivity contribution is 14.0. The van der Waals surface area contributed by atoms with Crippen molar-refractivity contribution in [1.82, 2.24) is 10.6 Å². The summed E-state index contributed by atoms with van der Waals surface area (Å²) in [5.74, 6) is 0.961. The molecule has 0 spiro atoms. The van der Waals surface area contributed by atoms with Gasteiger partial charge in [-0.1, -0.05) is 12.1 Å². The van der Waals surface area contributed by atoms with Crippen LogP contribution in [-0.4, -0.2) is 57.9 Å². The number of amides is 1. The molecular weight excluding hydrogens is 471 g/mol. The summed E-state index contributed by atoms with van der Waals surface area (Å²) in [6.07, 6.45) is 3.36. The van der Waals surface area contributed by atoms with E-state index in [0.29, 0.717) is 19.5 Å². The van der Waals surface area contributed by atoms with Crippen LogP contribution in [0.3, 0.4) is 0 Å². The first kappa shape index (κ1) is 22.9. The maximum absolute atomic E-state index is 11.8. The maximum Gasteiger partial charge on any atom is 0.227 e. The van der Waals surface area contributed by atoms with E-state index >= 15 is 0 Å². The van der Waals surface area contributed by atoms with Crippen molar-refractivity contribution < 1.29 is 14.3 Å². The quantitative estimate of drug-likeness (QED) is 0.355. The minimum atomic E-state index is -0.195. The molecule has 0 unspecified atom stereocenters. The number of nitrogens with one attached hydrogen (secondary N) is 2. The monoisotopic (exact) mass is 502 g/mol. The van der Waals surface area contributed by atoms with E-state index in [4.69, 9.17) is 9.47 Å². The molecule has 0 aliphatic carbocycles. The Balaban J connectivity index is 0.00000280. The summed E-state index contributed by atoms with van der Waals surface area (Å²) < 4.78 is 11.2. The standard InChI is InChI=1S/C20H30N4O3.HI/c1-21-19(23-15-20(26-2)9-12-27-13-10-20)22-14-16-5-7-17(8-6-16)24-11-3-4-18(24)25;/h5-8H,3-4,9-15H2,1-2H3,(H2,21,22,23);1H. The van der Waals surface area contributed by atoms with Crippen LogP contribution in [0.4, 0.5) is 5.69 Å². The van der Waals surface area contributed by atoms with Gasteiger partial charge in [-0.3, -0.25) is 9.79 Å². The zero-order chi connectivity index (χ0) is 19.1. The summed E-state index contributed by atoms with van der Waals surface area (Å²) in [6, 6.07) is 8.13. The molecule has 2 N–H and O–H groups in total. The lowest BCUT2D eigenvalue weighted by molar-refractivity contribution is -0.117. The number of anilines is 1. The van der Waals surface area contributed by atoms with E-state index in [9.17, 15) is 4.79 Å². The van der Waals surface area contributed by atoms with Crippen molar-refractivity contribution in [3.05, 3.63) is 29.8 Å². The predicted octanol–water partition coefficient (Wildman–Crippen LogP) is 2.29. The first-order valence-electron chi connectivity index (χ1n) is 9.62. The number of benzene rings is 1. The van der Waals surface area contributed by atoms with E-state index in [0.717, 1.165) is 56.2 Å². The fourth-order valence-electron chi connectivity index (χ4n) is 3.56. The molecule has 1 aromatic carbocycles. The highest BCUT2D eigenvalue weighted by Gasteiger charge is 2.32. The largest absolute Gasteiger partial charge is 0.381 e. The third-order valence-corrected chi connectivity index (χ3v) is 5.42. The number of carbonyl (C=O) groups excluding carboxylic acids is 1. The topological polar surface area (TPSA) is 75.2 Å². The lowest BCUT2D eigenvalue weighted by Gasteiger charge is -2.36. The Morgan fingerprint density at radius 1 is 1.25 bits per heavy atom. The number of guanidine groups is 1. The average molecular weight is 502 g/mol. The van der Waals surface area contributed by atoms with Gasteiger partial charge in [0.05, 0.1) is 5.60 Å². The fourth-order valence-corrected chi connectivity index (χ4v) is 3.56.